The van der Waals surface area contributed by atoms with Crippen LogP contribution in [0.15, 0.2) is 29.8 Å². The number of allylic oxidation sites excluding steroid dienone is 1. The van der Waals surface area contributed by atoms with Crippen LogP contribution in [0.4, 0.5) is 0 Å². The molecular formula is C22H20ClNO5S. The molecule has 2 aromatic rings. The first kappa shape index (κ1) is 23.3. The molecule has 0 radical (unpaired) electrons. The number of nitriles is 1. The lowest BCUT2D eigenvalue weighted by Crippen LogP contribution is -2.12. The summed E-state index contributed by atoms with van der Waals surface area (Å²) in [5, 5.41) is 9.87. The van der Waals surface area contributed by atoms with E-state index in [2.05, 4.69) is 0 Å². The predicted octanol–water partition coefficient (Wildman–Crippen LogP) is 4.78. The highest BCUT2D eigenvalue weighted by Crippen LogP contribution is 2.31. The number of carbonyl (C=O) groups is 3. The number of carbonyl (C=O) groups excluding carboxylic acids is 3. The molecule has 0 aliphatic heterocycles. The number of halogens is 1. The highest BCUT2D eigenvalue weighted by atomic mass is 35.5. The summed E-state index contributed by atoms with van der Waals surface area (Å²) in [6, 6.07) is 8.71. The Morgan fingerprint density at radius 2 is 1.77 bits per heavy atom. The topological polar surface area (TPSA) is 93.5 Å². The van der Waals surface area contributed by atoms with E-state index in [9.17, 15) is 19.6 Å². The Bertz CT molecular complexity index is 1050. The van der Waals surface area contributed by atoms with Crippen LogP contribution in [-0.2, 0) is 20.7 Å². The Morgan fingerprint density at radius 1 is 1.13 bits per heavy atom. The fourth-order valence-electron chi connectivity index (χ4n) is 2.72. The molecule has 1 aromatic carbocycles. The third-order valence-electron chi connectivity index (χ3n) is 4.11. The summed E-state index contributed by atoms with van der Waals surface area (Å²) in [6.07, 6.45) is 1.17. The second-order valence-electron chi connectivity index (χ2n) is 6.09. The number of ether oxygens (including phenoxy) is 2. The lowest BCUT2D eigenvalue weighted by atomic mass is 10.0. The van der Waals surface area contributed by atoms with Gasteiger partial charge in [0.1, 0.15) is 10.9 Å². The van der Waals surface area contributed by atoms with Gasteiger partial charge in [0, 0.05) is 16.3 Å². The predicted molar refractivity (Wildman–Crippen MR) is 115 cm³/mol. The second-order valence-corrected chi connectivity index (χ2v) is 7.60. The molecule has 0 amide bonds. The highest BCUT2D eigenvalue weighted by Gasteiger charge is 2.28. The van der Waals surface area contributed by atoms with Crippen LogP contribution in [0, 0.1) is 18.3 Å². The van der Waals surface area contributed by atoms with Crippen molar-refractivity contribution in [3.8, 4) is 6.07 Å². The van der Waals surface area contributed by atoms with Gasteiger partial charge >= 0.3 is 11.9 Å². The van der Waals surface area contributed by atoms with Crippen LogP contribution >= 0.6 is 22.9 Å². The minimum absolute atomic E-state index is 0.110. The SMILES string of the molecule is CCOC(=O)c1sc(CC(=O)C(C#N)=Cc2ccccc2Cl)c(C(=O)OCC)c1C. The van der Waals surface area contributed by atoms with Crippen molar-refractivity contribution in [2.75, 3.05) is 13.2 Å². The maximum atomic E-state index is 12.8. The molecule has 0 bridgehead atoms. The summed E-state index contributed by atoms with van der Waals surface area (Å²) in [6.45, 7) is 5.27. The highest BCUT2D eigenvalue weighted by molar-refractivity contribution is 7.14. The van der Waals surface area contributed by atoms with Crippen molar-refractivity contribution in [3.63, 3.8) is 0 Å². The summed E-state index contributed by atoms with van der Waals surface area (Å²) in [7, 11) is 0. The zero-order valence-corrected chi connectivity index (χ0v) is 18.4. The zero-order chi connectivity index (χ0) is 22.3. The number of benzene rings is 1. The first-order valence-corrected chi connectivity index (χ1v) is 10.4. The van der Waals surface area contributed by atoms with Crippen molar-refractivity contribution in [1.82, 2.24) is 0 Å². The minimum Gasteiger partial charge on any atom is -0.462 e. The van der Waals surface area contributed by atoms with E-state index >= 15 is 0 Å². The van der Waals surface area contributed by atoms with Crippen LogP contribution in [0.25, 0.3) is 6.08 Å². The molecule has 0 atom stereocenters. The van der Waals surface area contributed by atoms with Crippen molar-refractivity contribution in [3.05, 3.63) is 61.3 Å². The Hall–Kier alpha value is -2.95. The van der Waals surface area contributed by atoms with Crippen molar-refractivity contribution in [1.29, 1.82) is 5.26 Å². The average Bonchev–Trinajstić information content (AvgIpc) is 3.03. The third kappa shape index (κ3) is 5.35. The van der Waals surface area contributed by atoms with Gasteiger partial charge in [-0.3, -0.25) is 4.79 Å². The maximum absolute atomic E-state index is 12.8. The molecule has 0 spiro atoms. The van der Waals surface area contributed by atoms with Gasteiger partial charge in [-0.05, 0) is 44.0 Å². The molecule has 0 unspecified atom stereocenters. The van der Waals surface area contributed by atoms with Gasteiger partial charge < -0.3 is 9.47 Å². The van der Waals surface area contributed by atoms with Crippen LogP contribution in [0.2, 0.25) is 5.02 Å². The van der Waals surface area contributed by atoms with Crippen molar-refractivity contribution >= 4 is 46.7 Å². The lowest BCUT2D eigenvalue weighted by molar-refractivity contribution is -0.114. The van der Waals surface area contributed by atoms with E-state index in [1.165, 1.54) is 6.08 Å². The van der Waals surface area contributed by atoms with Gasteiger partial charge in [-0.25, -0.2) is 9.59 Å². The van der Waals surface area contributed by atoms with E-state index in [1.54, 1.807) is 45.0 Å². The van der Waals surface area contributed by atoms with E-state index in [1.807, 2.05) is 6.07 Å². The molecule has 2 rings (SSSR count). The summed E-state index contributed by atoms with van der Waals surface area (Å²) in [5.41, 5.74) is 0.979. The molecule has 1 aromatic heterocycles. The van der Waals surface area contributed by atoms with Gasteiger partial charge in [0.2, 0.25) is 0 Å². The smallest absolute Gasteiger partial charge is 0.348 e. The molecule has 8 heteroatoms. The second kappa shape index (κ2) is 10.7. The number of esters is 2. The van der Waals surface area contributed by atoms with Gasteiger partial charge in [0.25, 0.3) is 0 Å². The average molecular weight is 446 g/mol. The molecular weight excluding hydrogens is 426 g/mol. The Kier molecular flexibility index (Phi) is 8.34. The molecule has 0 saturated carbocycles. The Labute approximate surface area is 183 Å². The lowest BCUT2D eigenvalue weighted by Gasteiger charge is -2.05. The molecule has 0 aliphatic carbocycles. The molecule has 0 N–H and O–H groups in total. The third-order valence-corrected chi connectivity index (χ3v) is 5.72. The number of hydrogen-bond donors (Lipinski definition) is 0. The normalized spacial score (nSPS) is 11.0. The van der Waals surface area contributed by atoms with Crippen molar-refractivity contribution < 1.29 is 23.9 Å². The summed E-state index contributed by atoms with van der Waals surface area (Å²) >= 11 is 7.10. The van der Waals surface area contributed by atoms with Crippen LogP contribution in [-0.4, -0.2) is 30.9 Å². The van der Waals surface area contributed by atoms with Crippen LogP contribution < -0.4 is 0 Å². The Balaban J connectivity index is 2.44. The van der Waals surface area contributed by atoms with Gasteiger partial charge in [-0.1, -0.05) is 29.8 Å². The number of rotatable bonds is 8. The van der Waals surface area contributed by atoms with Crippen LogP contribution in [0.1, 0.15) is 49.9 Å². The van der Waals surface area contributed by atoms with E-state index in [0.717, 1.165) is 11.3 Å². The van der Waals surface area contributed by atoms with Crippen LogP contribution in [0.5, 0.6) is 0 Å². The fourth-order valence-corrected chi connectivity index (χ4v) is 4.10. The van der Waals surface area contributed by atoms with Gasteiger partial charge in [-0.15, -0.1) is 11.3 Å². The van der Waals surface area contributed by atoms with E-state index < -0.39 is 17.7 Å². The zero-order valence-electron chi connectivity index (χ0n) is 16.8. The molecule has 0 aliphatic rings. The monoisotopic (exact) mass is 445 g/mol. The molecule has 156 valence electrons. The van der Waals surface area contributed by atoms with E-state index in [-0.39, 0.29) is 35.6 Å². The largest absolute Gasteiger partial charge is 0.462 e. The number of thiophene rings is 1. The molecule has 0 fully saturated rings. The summed E-state index contributed by atoms with van der Waals surface area (Å²) in [5.74, 6) is -1.70. The van der Waals surface area contributed by atoms with E-state index in [4.69, 9.17) is 21.1 Å². The maximum Gasteiger partial charge on any atom is 0.348 e. The fraction of sp³-hybridized carbons (Fsp3) is 0.273. The molecule has 1 heterocycles. The van der Waals surface area contributed by atoms with Crippen molar-refractivity contribution in [2.45, 2.75) is 27.2 Å². The quantitative estimate of drug-likeness (QED) is 0.329. The van der Waals surface area contributed by atoms with Gasteiger partial charge in [-0.2, -0.15) is 5.26 Å². The van der Waals surface area contributed by atoms with Gasteiger partial charge in [0.05, 0.1) is 24.4 Å². The van der Waals surface area contributed by atoms with E-state index in [0.29, 0.717) is 21.0 Å². The summed E-state index contributed by atoms with van der Waals surface area (Å²) in [4.78, 5) is 38.1. The molecule has 30 heavy (non-hydrogen) atoms. The molecule has 0 saturated heterocycles. The Morgan fingerprint density at radius 3 is 2.37 bits per heavy atom. The minimum atomic E-state index is -0.627. The van der Waals surface area contributed by atoms with Crippen LogP contribution in [0.3, 0.4) is 0 Å². The van der Waals surface area contributed by atoms with Gasteiger partial charge in [0.15, 0.2) is 5.78 Å². The first-order valence-electron chi connectivity index (χ1n) is 9.19. The number of Topliss-reactive ketones (excluding diaryl/α,β-unsaturated/α-hetero) is 1. The number of nitrogens with zero attached hydrogens (tertiary/aromatic N) is 1. The summed E-state index contributed by atoms with van der Waals surface area (Å²) < 4.78 is 10.1. The molecule has 6 nitrogen and oxygen atoms in total. The first-order chi connectivity index (χ1) is 14.3. The standard InChI is InChI=1S/C22H20ClNO5S/c1-4-28-21(26)19-13(3)20(22(27)29-5-2)30-18(19)11-17(25)15(12-24)10-14-8-6-7-9-16(14)23/h6-10H,4-5,11H2,1-3H3. The number of hydrogen-bond acceptors (Lipinski definition) is 7. The van der Waals surface area contributed by atoms with Crippen molar-refractivity contribution in [2.24, 2.45) is 0 Å². The number of ketones is 1.